The van der Waals surface area contributed by atoms with Crippen LogP contribution in [-0.2, 0) is 0 Å². The molecule has 0 unspecified atom stereocenters. The van der Waals surface area contributed by atoms with Gasteiger partial charge in [-0.2, -0.15) is 5.10 Å². The van der Waals surface area contributed by atoms with Crippen LogP contribution in [0.5, 0.6) is 17.2 Å². The first-order chi connectivity index (χ1) is 11.6. The minimum absolute atomic E-state index is 0.292. The van der Waals surface area contributed by atoms with Crippen LogP contribution in [0, 0.1) is 5.82 Å². The van der Waals surface area contributed by atoms with Gasteiger partial charge in [0.1, 0.15) is 5.82 Å². The van der Waals surface area contributed by atoms with Gasteiger partial charge >= 0.3 is 0 Å². The minimum Gasteiger partial charge on any atom is -0.493 e. The maximum absolute atomic E-state index is 12.8. The summed E-state index contributed by atoms with van der Waals surface area (Å²) in [4.78, 5) is 12.2. The number of carbonyl (C=O) groups excluding carboxylic acids is 1. The molecule has 0 bridgehead atoms. The molecule has 0 radical (unpaired) electrons. The molecule has 0 aliphatic carbocycles. The molecule has 2 aromatic carbocycles. The molecule has 1 amide bonds. The number of hydrazone groups is 1. The van der Waals surface area contributed by atoms with E-state index in [9.17, 15) is 9.18 Å². The van der Waals surface area contributed by atoms with Crippen LogP contribution in [0.3, 0.4) is 0 Å². The summed E-state index contributed by atoms with van der Waals surface area (Å²) in [7, 11) is 4.41. The number of ether oxygens (including phenoxy) is 3. The Balaban J connectivity index is 2.15. The average Bonchev–Trinajstić information content (AvgIpc) is 2.61. The Hall–Kier alpha value is -3.09. The van der Waals surface area contributed by atoms with Crippen molar-refractivity contribution >= 4 is 12.1 Å². The second-order valence-corrected chi connectivity index (χ2v) is 4.66. The van der Waals surface area contributed by atoms with Gasteiger partial charge in [-0.3, -0.25) is 4.79 Å². The number of rotatable bonds is 6. The van der Waals surface area contributed by atoms with E-state index in [1.165, 1.54) is 51.8 Å². The summed E-state index contributed by atoms with van der Waals surface area (Å²) in [5.74, 6) is 0.335. The largest absolute Gasteiger partial charge is 0.493 e. The lowest BCUT2D eigenvalue weighted by molar-refractivity contribution is 0.0954. The van der Waals surface area contributed by atoms with Crippen molar-refractivity contribution in [1.82, 2.24) is 5.43 Å². The number of nitrogens with zero attached hydrogens (tertiary/aromatic N) is 1. The van der Waals surface area contributed by atoms with Crippen LogP contribution in [0.4, 0.5) is 4.39 Å². The third-order valence-corrected chi connectivity index (χ3v) is 3.18. The van der Waals surface area contributed by atoms with Crippen LogP contribution in [0.15, 0.2) is 41.5 Å². The molecule has 0 fully saturated rings. The molecule has 0 saturated heterocycles. The highest BCUT2D eigenvalue weighted by molar-refractivity contribution is 5.96. The summed E-state index contributed by atoms with van der Waals surface area (Å²) >= 11 is 0. The summed E-state index contributed by atoms with van der Waals surface area (Å²) in [5, 5.41) is 3.84. The number of halogens is 1. The second kappa shape index (κ2) is 7.96. The fourth-order valence-electron chi connectivity index (χ4n) is 1.99. The highest BCUT2D eigenvalue weighted by Crippen LogP contribution is 2.38. The molecule has 0 aliphatic heterocycles. The lowest BCUT2D eigenvalue weighted by Crippen LogP contribution is -2.18. The van der Waals surface area contributed by atoms with Crippen LogP contribution in [0.2, 0.25) is 0 Å². The monoisotopic (exact) mass is 332 g/mol. The first-order valence-corrected chi connectivity index (χ1v) is 6.98. The Labute approximate surface area is 138 Å². The van der Waals surface area contributed by atoms with E-state index in [4.69, 9.17) is 14.2 Å². The number of benzene rings is 2. The van der Waals surface area contributed by atoms with Gasteiger partial charge in [-0.1, -0.05) is 12.1 Å². The molecule has 0 aliphatic rings. The Bertz CT molecular complexity index is 720. The predicted octanol–water partition coefficient (Wildman–Crippen LogP) is 2.62. The maximum atomic E-state index is 12.8. The smallest absolute Gasteiger partial charge is 0.271 e. The summed E-state index contributed by atoms with van der Waals surface area (Å²) in [6.07, 6.45) is 1.41. The van der Waals surface area contributed by atoms with Crippen LogP contribution in [-0.4, -0.2) is 33.5 Å². The molecule has 2 aromatic rings. The van der Waals surface area contributed by atoms with Crippen molar-refractivity contribution in [3.05, 3.63) is 53.3 Å². The van der Waals surface area contributed by atoms with Crippen molar-refractivity contribution in [3.63, 3.8) is 0 Å². The zero-order valence-corrected chi connectivity index (χ0v) is 13.5. The van der Waals surface area contributed by atoms with Crippen LogP contribution in [0.25, 0.3) is 0 Å². The van der Waals surface area contributed by atoms with Crippen molar-refractivity contribution in [3.8, 4) is 17.2 Å². The standard InChI is InChI=1S/C17H17FN2O4/c1-22-14-8-12(9-15(23-2)16(14)24-3)17(21)20-19-10-11-4-6-13(18)7-5-11/h4-10H,1-3H3,(H,20,21). The van der Waals surface area contributed by atoms with E-state index in [2.05, 4.69) is 10.5 Å². The molecule has 0 aromatic heterocycles. The van der Waals surface area contributed by atoms with E-state index in [0.29, 0.717) is 28.4 Å². The van der Waals surface area contributed by atoms with Crippen molar-refractivity contribution in [2.24, 2.45) is 5.10 Å². The molecule has 0 atom stereocenters. The van der Waals surface area contributed by atoms with Gasteiger partial charge in [0.15, 0.2) is 11.5 Å². The van der Waals surface area contributed by atoms with Gasteiger partial charge in [0, 0.05) is 5.56 Å². The molecular formula is C17H17FN2O4. The average molecular weight is 332 g/mol. The van der Waals surface area contributed by atoms with Crippen molar-refractivity contribution < 1.29 is 23.4 Å². The van der Waals surface area contributed by atoms with E-state index < -0.39 is 5.91 Å². The zero-order valence-electron chi connectivity index (χ0n) is 13.5. The number of hydrogen-bond donors (Lipinski definition) is 1. The Morgan fingerprint density at radius 3 is 2.12 bits per heavy atom. The number of hydrogen-bond acceptors (Lipinski definition) is 5. The van der Waals surface area contributed by atoms with Gasteiger partial charge in [0.25, 0.3) is 5.91 Å². The van der Waals surface area contributed by atoms with E-state index in [0.717, 1.165) is 0 Å². The summed E-state index contributed by atoms with van der Waals surface area (Å²) in [6, 6.07) is 8.74. The zero-order chi connectivity index (χ0) is 17.5. The van der Waals surface area contributed by atoms with Gasteiger partial charge in [0.2, 0.25) is 5.75 Å². The van der Waals surface area contributed by atoms with Gasteiger partial charge in [-0.25, -0.2) is 9.82 Å². The van der Waals surface area contributed by atoms with Crippen LogP contribution < -0.4 is 19.6 Å². The number of nitrogens with one attached hydrogen (secondary N) is 1. The fourth-order valence-corrected chi connectivity index (χ4v) is 1.99. The topological polar surface area (TPSA) is 69.2 Å². The van der Waals surface area contributed by atoms with E-state index >= 15 is 0 Å². The lowest BCUT2D eigenvalue weighted by atomic mass is 10.1. The molecule has 126 valence electrons. The molecule has 1 N–H and O–H groups in total. The molecule has 2 rings (SSSR count). The van der Waals surface area contributed by atoms with Crippen molar-refractivity contribution in [2.45, 2.75) is 0 Å². The van der Waals surface area contributed by atoms with E-state index in [1.807, 2.05) is 0 Å². The van der Waals surface area contributed by atoms with Gasteiger partial charge in [-0.05, 0) is 29.8 Å². The lowest BCUT2D eigenvalue weighted by Gasteiger charge is -2.13. The molecule has 0 saturated carbocycles. The van der Waals surface area contributed by atoms with Gasteiger partial charge in [0.05, 0.1) is 27.5 Å². The second-order valence-electron chi connectivity index (χ2n) is 4.66. The van der Waals surface area contributed by atoms with Crippen molar-refractivity contribution in [1.29, 1.82) is 0 Å². The Morgan fingerprint density at radius 2 is 1.62 bits per heavy atom. The fraction of sp³-hybridized carbons (Fsp3) is 0.176. The number of methoxy groups -OCH3 is 3. The normalized spacial score (nSPS) is 10.5. The molecular weight excluding hydrogens is 315 g/mol. The van der Waals surface area contributed by atoms with E-state index in [-0.39, 0.29) is 5.82 Å². The molecule has 7 heteroatoms. The molecule has 6 nitrogen and oxygen atoms in total. The highest BCUT2D eigenvalue weighted by Gasteiger charge is 2.16. The molecule has 0 heterocycles. The van der Waals surface area contributed by atoms with Gasteiger partial charge in [-0.15, -0.1) is 0 Å². The predicted molar refractivity (Wildman–Crippen MR) is 87.6 cm³/mol. The number of amides is 1. The molecule has 24 heavy (non-hydrogen) atoms. The SMILES string of the molecule is COc1cc(C(=O)NN=Cc2ccc(F)cc2)cc(OC)c1OC. The summed E-state index contributed by atoms with van der Waals surface area (Å²) < 4.78 is 28.4. The Morgan fingerprint density at radius 1 is 1.04 bits per heavy atom. The third kappa shape index (κ3) is 4.01. The first-order valence-electron chi connectivity index (χ1n) is 6.98. The maximum Gasteiger partial charge on any atom is 0.271 e. The van der Waals surface area contributed by atoms with Crippen LogP contribution >= 0.6 is 0 Å². The van der Waals surface area contributed by atoms with Crippen molar-refractivity contribution in [2.75, 3.05) is 21.3 Å². The highest BCUT2D eigenvalue weighted by atomic mass is 19.1. The summed E-state index contributed by atoms with van der Waals surface area (Å²) in [6.45, 7) is 0. The Kier molecular flexibility index (Phi) is 5.73. The first kappa shape index (κ1) is 17.3. The minimum atomic E-state index is -0.451. The number of carbonyl (C=O) groups is 1. The van der Waals surface area contributed by atoms with E-state index in [1.54, 1.807) is 12.1 Å². The van der Waals surface area contributed by atoms with Gasteiger partial charge < -0.3 is 14.2 Å². The third-order valence-electron chi connectivity index (χ3n) is 3.18. The quantitative estimate of drug-likeness (QED) is 0.652. The van der Waals surface area contributed by atoms with Crippen LogP contribution in [0.1, 0.15) is 15.9 Å². The summed E-state index contributed by atoms with van der Waals surface area (Å²) in [5.41, 5.74) is 3.33. The molecule has 0 spiro atoms.